The van der Waals surface area contributed by atoms with Crippen molar-refractivity contribution in [3.63, 3.8) is 0 Å². The summed E-state index contributed by atoms with van der Waals surface area (Å²) in [6.45, 7) is 5.60. The van der Waals surface area contributed by atoms with Crippen molar-refractivity contribution in [1.82, 2.24) is 15.1 Å². The van der Waals surface area contributed by atoms with Gasteiger partial charge in [-0.25, -0.2) is 0 Å². The number of ether oxygens (including phenoxy) is 1. The number of aromatic nitrogens is 2. The monoisotopic (exact) mass is 383 g/mol. The lowest BCUT2D eigenvalue weighted by atomic mass is 10.1. The number of benzene rings is 2. The lowest BCUT2D eigenvalue weighted by molar-refractivity contribution is 0.0950. The van der Waals surface area contributed by atoms with Crippen LogP contribution in [0, 0.1) is 6.92 Å². The lowest BCUT2D eigenvalue weighted by Crippen LogP contribution is -2.22. The van der Waals surface area contributed by atoms with Crippen LogP contribution in [-0.4, -0.2) is 15.7 Å². The molecule has 1 amide bonds. The Hall–Kier alpha value is -2.79. The maximum absolute atomic E-state index is 12.4. The Balaban J connectivity index is 1.60. The zero-order valence-electron chi connectivity index (χ0n) is 15.4. The summed E-state index contributed by atoms with van der Waals surface area (Å²) in [7, 11) is 0. The van der Waals surface area contributed by atoms with Gasteiger partial charge in [0.25, 0.3) is 5.91 Å². The predicted octanol–water partition coefficient (Wildman–Crippen LogP) is 4.37. The highest BCUT2D eigenvalue weighted by atomic mass is 35.5. The number of aryl methyl sites for hydroxylation is 2. The summed E-state index contributed by atoms with van der Waals surface area (Å²) in [6.07, 6.45) is 3.69. The molecule has 0 fully saturated rings. The molecule has 0 bridgehead atoms. The Labute approximate surface area is 163 Å². The van der Waals surface area contributed by atoms with Crippen molar-refractivity contribution >= 4 is 17.5 Å². The summed E-state index contributed by atoms with van der Waals surface area (Å²) in [5.74, 6) is 0.508. The fourth-order valence-electron chi connectivity index (χ4n) is 2.64. The number of carbonyl (C=O) groups is 1. The molecular weight excluding hydrogens is 362 g/mol. The molecule has 6 heteroatoms. The van der Waals surface area contributed by atoms with Crippen molar-refractivity contribution in [3.05, 3.63) is 82.1 Å². The smallest absolute Gasteiger partial charge is 0.251 e. The molecule has 27 heavy (non-hydrogen) atoms. The number of rotatable bonds is 7. The summed E-state index contributed by atoms with van der Waals surface area (Å²) in [4.78, 5) is 12.4. The summed E-state index contributed by atoms with van der Waals surface area (Å²) < 4.78 is 7.64. The maximum Gasteiger partial charge on any atom is 0.251 e. The van der Waals surface area contributed by atoms with E-state index < -0.39 is 0 Å². The van der Waals surface area contributed by atoms with E-state index in [-0.39, 0.29) is 5.91 Å². The van der Waals surface area contributed by atoms with Gasteiger partial charge in [-0.15, -0.1) is 0 Å². The Kier molecular flexibility index (Phi) is 6.14. The molecule has 0 spiro atoms. The highest BCUT2D eigenvalue weighted by Crippen LogP contribution is 2.26. The van der Waals surface area contributed by atoms with Gasteiger partial charge in [-0.05, 0) is 49.2 Å². The molecule has 1 aromatic heterocycles. The summed E-state index contributed by atoms with van der Waals surface area (Å²) in [5, 5.41) is 7.69. The molecule has 0 saturated heterocycles. The second kappa shape index (κ2) is 8.73. The third-order valence-corrected chi connectivity index (χ3v) is 4.45. The Bertz CT molecular complexity index is 937. The second-order valence-electron chi connectivity index (χ2n) is 6.31. The molecule has 140 valence electrons. The molecule has 1 heterocycles. The standard InChI is InChI=1S/C21H22ClN3O2/c1-3-25-13-17(12-24-25)11-23-21(26)18-6-4-5-16(10-18)14-27-20-9-15(2)7-8-19(20)22/h4-10,12-13H,3,11,14H2,1-2H3,(H,23,26). The number of carbonyl (C=O) groups excluding carboxylic acids is 1. The van der Waals surface area contributed by atoms with Gasteiger partial charge < -0.3 is 10.1 Å². The number of hydrogen-bond donors (Lipinski definition) is 1. The maximum atomic E-state index is 12.4. The molecule has 0 aliphatic carbocycles. The Morgan fingerprint density at radius 2 is 2.07 bits per heavy atom. The molecule has 0 aliphatic rings. The van der Waals surface area contributed by atoms with Crippen molar-refractivity contribution in [3.8, 4) is 5.75 Å². The summed E-state index contributed by atoms with van der Waals surface area (Å²) in [5.41, 5.74) is 3.54. The largest absolute Gasteiger partial charge is 0.487 e. The highest BCUT2D eigenvalue weighted by molar-refractivity contribution is 6.32. The first-order valence-corrected chi connectivity index (χ1v) is 9.20. The first-order chi connectivity index (χ1) is 13.0. The minimum absolute atomic E-state index is 0.130. The molecule has 0 unspecified atom stereocenters. The van der Waals surface area contributed by atoms with Gasteiger partial charge in [0, 0.05) is 30.4 Å². The molecule has 0 radical (unpaired) electrons. The van der Waals surface area contributed by atoms with E-state index in [1.807, 2.05) is 61.1 Å². The van der Waals surface area contributed by atoms with Crippen LogP contribution >= 0.6 is 11.6 Å². The SMILES string of the molecule is CCn1cc(CNC(=O)c2cccc(COc3cc(C)ccc3Cl)c2)cn1. The molecule has 0 saturated carbocycles. The van der Waals surface area contributed by atoms with Crippen LogP contribution < -0.4 is 10.1 Å². The quantitative estimate of drug-likeness (QED) is 0.659. The number of nitrogens with one attached hydrogen (secondary N) is 1. The number of amides is 1. The molecule has 1 N–H and O–H groups in total. The van der Waals surface area contributed by atoms with E-state index in [0.29, 0.717) is 29.5 Å². The molecule has 0 atom stereocenters. The van der Waals surface area contributed by atoms with Crippen LogP contribution in [0.4, 0.5) is 0 Å². The van der Waals surface area contributed by atoms with Gasteiger partial charge in [0.15, 0.2) is 0 Å². The van der Waals surface area contributed by atoms with E-state index in [2.05, 4.69) is 10.4 Å². The number of halogens is 1. The molecule has 3 rings (SSSR count). The van der Waals surface area contributed by atoms with Crippen molar-refractivity contribution < 1.29 is 9.53 Å². The molecule has 3 aromatic rings. The zero-order chi connectivity index (χ0) is 19.2. The normalized spacial score (nSPS) is 10.6. The van der Waals surface area contributed by atoms with Gasteiger partial charge in [0.1, 0.15) is 12.4 Å². The van der Waals surface area contributed by atoms with Gasteiger partial charge in [0.05, 0.1) is 11.2 Å². The van der Waals surface area contributed by atoms with Crippen molar-refractivity contribution in [2.75, 3.05) is 0 Å². The summed E-state index contributed by atoms with van der Waals surface area (Å²) >= 11 is 6.16. The average molecular weight is 384 g/mol. The Morgan fingerprint density at radius 1 is 1.22 bits per heavy atom. The number of nitrogens with zero attached hydrogens (tertiary/aromatic N) is 2. The zero-order valence-corrected chi connectivity index (χ0v) is 16.2. The van der Waals surface area contributed by atoms with Crippen LogP contribution in [0.5, 0.6) is 5.75 Å². The lowest BCUT2D eigenvalue weighted by Gasteiger charge is -2.10. The van der Waals surface area contributed by atoms with Gasteiger partial charge in [-0.2, -0.15) is 5.10 Å². The van der Waals surface area contributed by atoms with Gasteiger partial charge in [-0.1, -0.05) is 29.8 Å². The van der Waals surface area contributed by atoms with Crippen LogP contribution in [0.15, 0.2) is 54.9 Å². The van der Waals surface area contributed by atoms with Gasteiger partial charge in [0.2, 0.25) is 0 Å². The van der Waals surface area contributed by atoms with E-state index in [4.69, 9.17) is 16.3 Å². The van der Waals surface area contributed by atoms with E-state index in [9.17, 15) is 4.79 Å². The minimum atomic E-state index is -0.130. The van der Waals surface area contributed by atoms with Crippen LogP contribution in [0.2, 0.25) is 5.02 Å². The van der Waals surface area contributed by atoms with Crippen LogP contribution in [0.1, 0.15) is 34.0 Å². The first-order valence-electron chi connectivity index (χ1n) is 8.82. The fraction of sp³-hybridized carbons (Fsp3) is 0.238. The van der Waals surface area contributed by atoms with E-state index >= 15 is 0 Å². The first kappa shape index (κ1) is 19.0. The predicted molar refractivity (Wildman–Crippen MR) is 106 cm³/mol. The fourth-order valence-corrected chi connectivity index (χ4v) is 2.81. The number of hydrogen-bond acceptors (Lipinski definition) is 3. The van der Waals surface area contributed by atoms with Crippen molar-refractivity contribution in [2.24, 2.45) is 0 Å². The van der Waals surface area contributed by atoms with Gasteiger partial charge >= 0.3 is 0 Å². The molecule has 2 aromatic carbocycles. The van der Waals surface area contributed by atoms with Gasteiger partial charge in [-0.3, -0.25) is 9.48 Å². The van der Waals surface area contributed by atoms with E-state index in [0.717, 1.165) is 23.2 Å². The average Bonchev–Trinajstić information content (AvgIpc) is 3.15. The molecule has 5 nitrogen and oxygen atoms in total. The summed E-state index contributed by atoms with van der Waals surface area (Å²) in [6, 6.07) is 13.0. The Morgan fingerprint density at radius 3 is 2.85 bits per heavy atom. The third kappa shape index (κ3) is 5.11. The van der Waals surface area contributed by atoms with Crippen molar-refractivity contribution in [2.45, 2.75) is 33.5 Å². The molecule has 0 aliphatic heterocycles. The third-order valence-electron chi connectivity index (χ3n) is 4.13. The highest BCUT2D eigenvalue weighted by Gasteiger charge is 2.08. The topological polar surface area (TPSA) is 56.2 Å². The second-order valence-corrected chi connectivity index (χ2v) is 6.72. The van der Waals surface area contributed by atoms with Crippen LogP contribution in [0.25, 0.3) is 0 Å². The van der Waals surface area contributed by atoms with Crippen molar-refractivity contribution in [1.29, 1.82) is 0 Å². The van der Waals surface area contributed by atoms with Crippen LogP contribution in [-0.2, 0) is 19.7 Å². The van der Waals surface area contributed by atoms with E-state index in [1.54, 1.807) is 12.3 Å². The molecular formula is C21H22ClN3O2. The van der Waals surface area contributed by atoms with Crippen LogP contribution in [0.3, 0.4) is 0 Å². The minimum Gasteiger partial charge on any atom is -0.487 e. The van der Waals surface area contributed by atoms with E-state index in [1.165, 1.54) is 0 Å².